The summed E-state index contributed by atoms with van der Waals surface area (Å²) in [6.07, 6.45) is 0.322. The number of β-amino-alcohol motifs (C(OH)–C–C–N with tert-alkyl or cyclic N) is 1. The van der Waals surface area contributed by atoms with Crippen molar-refractivity contribution in [3.05, 3.63) is 35.4 Å². The van der Waals surface area contributed by atoms with Crippen LogP contribution in [0.1, 0.15) is 22.3 Å². The minimum absolute atomic E-state index is 0.0205. The third-order valence-electron chi connectivity index (χ3n) is 3.12. The van der Waals surface area contributed by atoms with E-state index < -0.39 is 0 Å². The Morgan fingerprint density at radius 1 is 1.50 bits per heavy atom. The van der Waals surface area contributed by atoms with Gasteiger partial charge in [0.05, 0.1) is 6.10 Å². The maximum atomic E-state index is 12.2. The lowest BCUT2D eigenvalue weighted by molar-refractivity contribution is 0.0765. The molecule has 1 aromatic rings. The van der Waals surface area contributed by atoms with E-state index in [4.69, 9.17) is 0 Å². The Morgan fingerprint density at radius 2 is 2.28 bits per heavy atom. The predicted octanol–water partition coefficient (Wildman–Crippen LogP) is 0.955. The van der Waals surface area contributed by atoms with Crippen molar-refractivity contribution in [3.8, 4) is 0 Å². The van der Waals surface area contributed by atoms with Gasteiger partial charge in [-0.25, -0.2) is 0 Å². The molecule has 1 N–H and O–H groups in total. The van der Waals surface area contributed by atoms with Gasteiger partial charge in [-0.15, -0.1) is 0 Å². The summed E-state index contributed by atoms with van der Waals surface area (Å²) in [5.41, 5.74) is 1.84. The van der Waals surface area contributed by atoms with Crippen molar-refractivity contribution in [1.82, 2.24) is 9.80 Å². The van der Waals surface area contributed by atoms with E-state index in [1.165, 1.54) is 0 Å². The van der Waals surface area contributed by atoms with Crippen LogP contribution in [-0.2, 0) is 6.54 Å². The lowest BCUT2D eigenvalue weighted by Crippen LogP contribution is -2.29. The highest BCUT2D eigenvalue weighted by molar-refractivity contribution is 5.94. The largest absolute Gasteiger partial charge is 0.391 e. The fourth-order valence-electron chi connectivity index (χ4n) is 2.28. The summed E-state index contributed by atoms with van der Waals surface area (Å²) in [6.45, 7) is 1.93. The average Bonchev–Trinajstić information content (AvgIpc) is 2.74. The summed E-state index contributed by atoms with van der Waals surface area (Å²) in [5, 5.41) is 9.47. The first kappa shape index (κ1) is 13.1. The molecule has 18 heavy (non-hydrogen) atoms. The third kappa shape index (κ3) is 3.09. The minimum Gasteiger partial charge on any atom is -0.391 e. The van der Waals surface area contributed by atoms with Gasteiger partial charge >= 0.3 is 0 Å². The fraction of sp³-hybridized carbons (Fsp3) is 0.500. The van der Waals surface area contributed by atoms with E-state index in [9.17, 15) is 9.90 Å². The summed E-state index contributed by atoms with van der Waals surface area (Å²) in [7, 11) is 4.01. The van der Waals surface area contributed by atoms with Gasteiger partial charge in [0.2, 0.25) is 0 Å². The Balaban J connectivity index is 2.10. The molecule has 0 aromatic heterocycles. The zero-order valence-corrected chi connectivity index (χ0v) is 11.0. The first-order chi connectivity index (χ1) is 8.56. The Hall–Kier alpha value is -1.39. The number of benzene rings is 1. The number of amides is 1. The van der Waals surface area contributed by atoms with E-state index in [1.54, 1.807) is 4.90 Å². The molecule has 4 heteroatoms. The molecule has 0 spiro atoms. The van der Waals surface area contributed by atoms with Gasteiger partial charge in [-0.3, -0.25) is 4.79 Å². The maximum absolute atomic E-state index is 12.2. The minimum atomic E-state index is -0.362. The van der Waals surface area contributed by atoms with Crippen LogP contribution >= 0.6 is 0 Å². The summed E-state index contributed by atoms with van der Waals surface area (Å²) >= 11 is 0. The molecule has 4 nitrogen and oxygen atoms in total. The van der Waals surface area contributed by atoms with Crippen LogP contribution in [0.4, 0.5) is 0 Å². The molecule has 0 unspecified atom stereocenters. The number of likely N-dealkylation sites (tertiary alicyclic amines) is 1. The Labute approximate surface area is 108 Å². The number of hydrogen-bond acceptors (Lipinski definition) is 3. The first-order valence-corrected chi connectivity index (χ1v) is 6.27. The molecule has 98 valence electrons. The standard InChI is InChI=1S/C14H20N2O2/c1-15(2)9-11-4-3-5-12(8-11)14(18)16-7-6-13(17)10-16/h3-5,8,13,17H,6-7,9-10H2,1-2H3/t13-/m1/s1. The Kier molecular flexibility index (Phi) is 3.99. The van der Waals surface area contributed by atoms with Crippen molar-refractivity contribution < 1.29 is 9.90 Å². The topological polar surface area (TPSA) is 43.8 Å². The van der Waals surface area contributed by atoms with Crippen LogP contribution in [0.3, 0.4) is 0 Å². The highest BCUT2D eigenvalue weighted by Crippen LogP contribution is 2.15. The van der Waals surface area contributed by atoms with Gasteiger partial charge in [-0.05, 0) is 38.2 Å². The van der Waals surface area contributed by atoms with Crippen LogP contribution in [0.5, 0.6) is 0 Å². The number of aliphatic hydroxyl groups excluding tert-OH is 1. The van der Waals surface area contributed by atoms with Crippen LogP contribution in [-0.4, -0.2) is 54.1 Å². The zero-order valence-electron chi connectivity index (χ0n) is 11.0. The summed E-state index contributed by atoms with van der Waals surface area (Å²) in [6, 6.07) is 7.72. The average molecular weight is 248 g/mol. The summed E-state index contributed by atoms with van der Waals surface area (Å²) < 4.78 is 0. The molecule has 1 aliphatic heterocycles. The zero-order chi connectivity index (χ0) is 13.1. The smallest absolute Gasteiger partial charge is 0.253 e. The lowest BCUT2D eigenvalue weighted by atomic mass is 10.1. The molecule has 2 rings (SSSR count). The normalized spacial score (nSPS) is 19.6. The van der Waals surface area contributed by atoms with Crippen LogP contribution in [0.2, 0.25) is 0 Å². The van der Waals surface area contributed by atoms with Gasteiger partial charge in [0.1, 0.15) is 0 Å². The second kappa shape index (κ2) is 5.50. The second-order valence-electron chi connectivity index (χ2n) is 5.13. The van der Waals surface area contributed by atoms with Crippen LogP contribution in [0.25, 0.3) is 0 Å². The molecular formula is C14H20N2O2. The van der Waals surface area contributed by atoms with Crippen molar-refractivity contribution in [2.24, 2.45) is 0 Å². The molecule has 1 aliphatic rings. The van der Waals surface area contributed by atoms with Gasteiger partial charge in [-0.2, -0.15) is 0 Å². The van der Waals surface area contributed by atoms with E-state index >= 15 is 0 Å². The molecule has 1 saturated heterocycles. The Bertz CT molecular complexity index is 432. The van der Waals surface area contributed by atoms with Crippen molar-refractivity contribution in [1.29, 1.82) is 0 Å². The number of aliphatic hydroxyl groups is 1. The maximum Gasteiger partial charge on any atom is 0.253 e. The molecule has 1 heterocycles. The Morgan fingerprint density at radius 3 is 2.89 bits per heavy atom. The molecule has 1 amide bonds. The number of nitrogens with zero attached hydrogens (tertiary/aromatic N) is 2. The van der Waals surface area contributed by atoms with Gasteiger partial charge in [-0.1, -0.05) is 12.1 Å². The van der Waals surface area contributed by atoms with Gasteiger partial charge in [0.25, 0.3) is 5.91 Å². The van der Waals surface area contributed by atoms with E-state index in [0.717, 1.165) is 12.1 Å². The van der Waals surface area contributed by atoms with Crippen molar-refractivity contribution >= 4 is 5.91 Å². The summed E-state index contributed by atoms with van der Waals surface area (Å²) in [5.74, 6) is 0.0205. The highest BCUT2D eigenvalue weighted by Gasteiger charge is 2.25. The van der Waals surface area contributed by atoms with Crippen LogP contribution in [0.15, 0.2) is 24.3 Å². The van der Waals surface area contributed by atoms with Crippen molar-refractivity contribution in [3.63, 3.8) is 0 Å². The quantitative estimate of drug-likeness (QED) is 0.866. The second-order valence-corrected chi connectivity index (χ2v) is 5.13. The molecular weight excluding hydrogens is 228 g/mol. The number of carbonyl (C=O) groups is 1. The van der Waals surface area contributed by atoms with E-state index in [0.29, 0.717) is 25.1 Å². The lowest BCUT2D eigenvalue weighted by Gasteiger charge is -2.16. The fourth-order valence-corrected chi connectivity index (χ4v) is 2.28. The number of carbonyl (C=O) groups excluding carboxylic acids is 1. The molecule has 0 bridgehead atoms. The summed E-state index contributed by atoms with van der Waals surface area (Å²) in [4.78, 5) is 16.0. The number of rotatable bonds is 3. The van der Waals surface area contributed by atoms with E-state index in [1.807, 2.05) is 38.4 Å². The molecule has 1 fully saturated rings. The van der Waals surface area contributed by atoms with Gasteiger partial charge in [0, 0.05) is 25.2 Å². The van der Waals surface area contributed by atoms with Crippen LogP contribution in [0, 0.1) is 0 Å². The first-order valence-electron chi connectivity index (χ1n) is 6.27. The molecule has 0 aliphatic carbocycles. The van der Waals surface area contributed by atoms with Crippen LogP contribution < -0.4 is 0 Å². The molecule has 1 atom stereocenters. The monoisotopic (exact) mass is 248 g/mol. The van der Waals surface area contributed by atoms with Crippen molar-refractivity contribution in [2.75, 3.05) is 27.2 Å². The molecule has 0 saturated carbocycles. The van der Waals surface area contributed by atoms with Gasteiger partial charge in [0.15, 0.2) is 0 Å². The van der Waals surface area contributed by atoms with E-state index in [-0.39, 0.29) is 12.0 Å². The third-order valence-corrected chi connectivity index (χ3v) is 3.12. The van der Waals surface area contributed by atoms with E-state index in [2.05, 4.69) is 4.90 Å². The highest BCUT2D eigenvalue weighted by atomic mass is 16.3. The van der Waals surface area contributed by atoms with Gasteiger partial charge < -0.3 is 14.9 Å². The molecule has 0 radical (unpaired) electrons. The number of hydrogen-bond donors (Lipinski definition) is 1. The molecule has 1 aromatic carbocycles. The van der Waals surface area contributed by atoms with Crippen molar-refractivity contribution in [2.45, 2.75) is 19.1 Å². The SMILES string of the molecule is CN(C)Cc1cccc(C(=O)N2CC[C@@H](O)C2)c1. The predicted molar refractivity (Wildman–Crippen MR) is 70.4 cm³/mol.